The Kier molecular flexibility index (Phi) is 4.72. The van der Waals surface area contributed by atoms with Crippen LogP contribution in [0.15, 0.2) is 18.2 Å². The number of carbonyl (C=O) groups excluding carboxylic acids is 1. The van der Waals surface area contributed by atoms with Gasteiger partial charge in [-0.1, -0.05) is 6.07 Å². The van der Waals surface area contributed by atoms with Gasteiger partial charge in [-0.25, -0.2) is 0 Å². The van der Waals surface area contributed by atoms with Crippen LogP contribution in [0.2, 0.25) is 0 Å². The summed E-state index contributed by atoms with van der Waals surface area (Å²) in [7, 11) is 1.62. The van der Waals surface area contributed by atoms with E-state index in [0.717, 1.165) is 30.6 Å². The second-order valence-electron chi connectivity index (χ2n) is 6.98. The predicted octanol–water partition coefficient (Wildman–Crippen LogP) is 3.23. The summed E-state index contributed by atoms with van der Waals surface area (Å²) in [5, 5.41) is 3.15. The first-order chi connectivity index (χ1) is 11.5. The number of fused-ring (bicyclic) bond motifs is 2. The summed E-state index contributed by atoms with van der Waals surface area (Å²) in [6, 6.07) is 5.69. The van der Waals surface area contributed by atoms with E-state index in [9.17, 15) is 4.79 Å². The smallest absolute Gasteiger partial charge is 0.229 e. The molecular weight excluding hydrogens is 306 g/mol. The standard InChI is InChI=1S/C19H27NO4/c1-5-23-15-8-6-13(10-16(15)22-4)12(2)20-18(21)19(3)11-14-7-9-17(19)24-14/h6,8,10,12,14,17H,5,7,9,11H2,1-4H3,(H,20,21). The molecule has 24 heavy (non-hydrogen) atoms. The van der Waals surface area contributed by atoms with E-state index >= 15 is 0 Å². The first-order valence-electron chi connectivity index (χ1n) is 8.75. The average Bonchev–Trinajstić information content (AvgIpc) is 3.16. The molecule has 0 aliphatic carbocycles. The summed E-state index contributed by atoms with van der Waals surface area (Å²) in [6.07, 6.45) is 3.21. The highest BCUT2D eigenvalue weighted by Gasteiger charge is 2.53. The molecule has 1 N–H and O–H groups in total. The van der Waals surface area contributed by atoms with Gasteiger partial charge in [-0.3, -0.25) is 4.79 Å². The maximum Gasteiger partial charge on any atom is 0.229 e. The molecule has 2 heterocycles. The van der Waals surface area contributed by atoms with Crippen molar-refractivity contribution >= 4 is 5.91 Å². The van der Waals surface area contributed by atoms with Crippen LogP contribution in [-0.4, -0.2) is 31.8 Å². The van der Waals surface area contributed by atoms with Crippen molar-refractivity contribution in [2.24, 2.45) is 5.41 Å². The lowest BCUT2D eigenvalue weighted by Gasteiger charge is -2.31. The first kappa shape index (κ1) is 17.1. The maximum absolute atomic E-state index is 12.8. The van der Waals surface area contributed by atoms with E-state index in [0.29, 0.717) is 12.4 Å². The Morgan fingerprint density at radius 3 is 2.79 bits per heavy atom. The van der Waals surface area contributed by atoms with Gasteiger partial charge in [0.25, 0.3) is 0 Å². The lowest BCUT2D eigenvalue weighted by Crippen LogP contribution is -2.45. The number of methoxy groups -OCH3 is 1. The molecule has 0 aromatic heterocycles. The van der Waals surface area contributed by atoms with E-state index < -0.39 is 5.41 Å². The van der Waals surface area contributed by atoms with Crippen LogP contribution in [0.4, 0.5) is 0 Å². The zero-order valence-electron chi connectivity index (χ0n) is 14.9. The van der Waals surface area contributed by atoms with E-state index in [2.05, 4.69) is 5.32 Å². The molecule has 1 aromatic carbocycles. The molecule has 2 saturated heterocycles. The lowest BCUT2D eigenvalue weighted by molar-refractivity contribution is -0.133. The molecule has 132 valence electrons. The monoisotopic (exact) mass is 333 g/mol. The molecule has 3 rings (SSSR count). The number of hydrogen-bond acceptors (Lipinski definition) is 4. The fraction of sp³-hybridized carbons (Fsp3) is 0.632. The van der Waals surface area contributed by atoms with Gasteiger partial charge in [-0.05, 0) is 57.7 Å². The highest BCUT2D eigenvalue weighted by atomic mass is 16.5. The summed E-state index contributed by atoms with van der Waals surface area (Å²) >= 11 is 0. The van der Waals surface area contributed by atoms with Crippen molar-refractivity contribution < 1.29 is 19.0 Å². The number of rotatable bonds is 6. The van der Waals surface area contributed by atoms with Crippen LogP contribution < -0.4 is 14.8 Å². The highest BCUT2D eigenvalue weighted by Crippen LogP contribution is 2.47. The van der Waals surface area contributed by atoms with Gasteiger partial charge in [-0.2, -0.15) is 0 Å². The molecule has 0 spiro atoms. The van der Waals surface area contributed by atoms with Crippen molar-refractivity contribution in [3.05, 3.63) is 23.8 Å². The molecule has 0 radical (unpaired) electrons. The number of carbonyl (C=O) groups is 1. The Morgan fingerprint density at radius 2 is 2.21 bits per heavy atom. The van der Waals surface area contributed by atoms with Gasteiger partial charge >= 0.3 is 0 Å². The lowest BCUT2D eigenvalue weighted by atomic mass is 9.74. The zero-order valence-corrected chi connectivity index (χ0v) is 14.9. The van der Waals surface area contributed by atoms with Gasteiger partial charge in [0, 0.05) is 0 Å². The van der Waals surface area contributed by atoms with Gasteiger partial charge in [0.15, 0.2) is 11.5 Å². The Morgan fingerprint density at radius 1 is 1.42 bits per heavy atom. The van der Waals surface area contributed by atoms with E-state index in [1.807, 2.05) is 39.0 Å². The summed E-state index contributed by atoms with van der Waals surface area (Å²) in [6.45, 7) is 6.54. The Balaban J connectivity index is 1.70. The number of ether oxygens (including phenoxy) is 3. The number of hydrogen-bond donors (Lipinski definition) is 1. The van der Waals surface area contributed by atoms with Crippen LogP contribution in [0.5, 0.6) is 11.5 Å². The molecule has 1 amide bonds. The van der Waals surface area contributed by atoms with Crippen molar-refractivity contribution in [2.75, 3.05) is 13.7 Å². The van der Waals surface area contributed by atoms with E-state index in [4.69, 9.17) is 14.2 Å². The van der Waals surface area contributed by atoms with Crippen molar-refractivity contribution in [1.29, 1.82) is 0 Å². The van der Waals surface area contributed by atoms with Gasteiger partial charge in [0.1, 0.15) is 0 Å². The van der Waals surface area contributed by atoms with Crippen molar-refractivity contribution in [3.8, 4) is 11.5 Å². The largest absolute Gasteiger partial charge is 0.493 e. The summed E-state index contributed by atoms with van der Waals surface area (Å²) in [4.78, 5) is 12.8. The molecule has 0 saturated carbocycles. The fourth-order valence-corrected chi connectivity index (χ4v) is 3.84. The normalized spacial score (nSPS) is 29.3. The molecule has 1 aromatic rings. The van der Waals surface area contributed by atoms with Crippen LogP contribution in [0.25, 0.3) is 0 Å². The third-order valence-electron chi connectivity index (χ3n) is 5.32. The SMILES string of the molecule is CCOc1ccc(C(C)NC(=O)C2(C)CC3CCC2O3)cc1OC. The van der Waals surface area contributed by atoms with E-state index in [1.165, 1.54) is 0 Å². The highest BCUT2D eigenvalue weighted by molar-refractivity contribution is 5.84. The summed E-state index contributed by atoms with van der Waals surface area (Å²) in [5.74, 6) is 1.48. The van der Waals surface area contributed by atoms with Gasteiger partial charge in [0.05, 0.1) is 37.4 Å². The average molecular weight is 333 g/mol. The molecule has 4 unspecified atom stereocenters. The van der Waals surface area contributed by atoms with Crippen molar-refractivity contribution in [1.82, 2.24) is 5.32 Å². The van der Waals surface area contributed by atoms with Crippen LogP contribution in [0.1, 0.15) is 51.6 Å². The number of nitrogens with one attached hydrogen (secondary N) is 1. The summed E-state index contributed by atoms with van der Waals surface area (Å²) < 4.78 is 16.8. The van der Waals surface area contributed by atoms with Crippen LogP contribution in [-0.2, 0) is 9.53 Å². The second-order valence-corrected chi connectivity index (χ2v) is 6.98. The molecule has 2 bridgehead atoms. The molecule has 5 heteroatoms. The Hall–Kier alpha value is -1.75. The topological polar surface area (TPSA) is 56.8 Å². The number of amides is 1. The van der Waals surface area contributed by atoms with Crippen LogP contribution in [0, 0.1) is 5.41 Å². The molecule has 2 aliphatic heterocycles. The quantitative estimate of drug-likeness (QED) is 0.868. The third-order valence-corrected chi connectivity index (χ3v) is 5.32. The van der Waals surface area contributed by atoms with Crippen LogP contribution >= 0.6 is 0 Å². The minimum Gasteiger partial charge on any atom is -0.493 e. The van der Waals surface area contributed by atoms with Crippen molar-refractivity contribution in [3.63, 3.8) is 0 Å². The molecule has 4 atom stereocenters. The molecule has 5 nitrogen and oxygen atoms in total. The molecule has 2 fully saturated rings. The van der Waals surface area contributed by atoms with Crippen LogP contribution in [0.3, 0.4) is 0 Å². The Bertz CT molecular complexity index is 617. The zero-order chi connectivity index (χ0) is 17.3. The van der Waals surface area contributed by atoms with E-state index in [1.54, 1.807) is 7.11 Å². The third kappa shape index (κ3) is 2.97. The minimum atomic E-state index is -0.410. The fourth-order valence-electron chi connectivity index (χ4n) is 3.84. The Labute approximate surface area is 143 Å². The maximum atomic E-state index is 12.8. The number of benzene rings is 1. The van der Waals surface area contributed by atoms with Gasteiger partial charge in [-0.15, -0.1) is 0 Å². The first-order valence-corrected chi connectivity index (χ1v) is 8.75. The molecular formula is C19H27NO4. The minimum absolute atomic E-state index is 0.0598. The predicted molar refractivity (Wildman–Crippen MR) is 91.3 cm³/mol. The van der Waals surface area contributed by atoms with E-state index in [-0.39, 0.29) is 24.2 Å². The second kappa shape index (κ2) is 6.63. The van der Waals surface area contributed by atoms with Gasteiger partial charge < -0.3 is 19.5 Å². The van der Waals surface area contributed by atoms with Crippen molar-refractivity contribution in [2.45, 2.75) is 58.3 Å². The molecule has 2 aliphatic rings. The van der Waals surface area contributed by atoms with Gasteiger partial charge in [0.2, 0.25) is 5.91 Å². The summed E-state index contributed by atoms with van der Waals surface area (Å²) in [5.41, 5.74) is 0.586.